The Hall–Kier alpha value is -1.55. The van der Waals surface area contributed by atoms with Crippen LogP contribution >= 0.6 is 0 Å². The maximum atomic E-state index is 12.0. The van der Waals surface area contributed by atoms with Crippen LogP contribution in [0.15, 0.2) is 12.1 Å². The van der Waals surface area contributed by atoms with Crippen LogP contribution in [-0.2, 0) is 10.2 Å². The Morgan fingerprint density at radius 3 is 2.22 bits per heavy atom. The number of carbonyl (C=O) groups is 1. The Morgan fingerprint density at radius 1 is 1.33 bits per heavy atom. The van der Waals surface area contributed by atoms with Gasteiger partial charge in [-0.2, -0.15) is 0 Å². The lowest BCUT2D eigenvalue weighted by Gasteiger charge is -2.40. The lowest BCUT2D eigenvalue weighted by molar-refractivity contribution is -0.130. The number of carbonyl (C=O) groups excluding carboxylic acids is 1. The van der Waals surface area contributed by atoms with Gasteiger partial charge in [0.25, 0.3) is 0 Å². The molecule has 0 bridgehead atoms. The fourth-order valence-electron chi connectivity index (χ4n) is 2.86. The highest BCUT2D eigenvalue weighted by atomic mass is 16.5. The highest BCUT2D eigenvalue weighted by Crippen LogP contribution is 2.45. The van der Waals surface area contributed by atoms with Crippen LogP contribution in [0.4, 0.5) is 0 Å². The van der Waals surface area contributed by atoms with Gasteiger partial charge in [-0.1, -0.05) is 18.6 Å². The van der Waals surface area contributed by atoms with Gasteiger partial charge in [0.2, 0.25) is 5.91 Å². The first-order valence-corrected chi connectivity index (χ1v) is 6.22. The summed E-state index contributed by atoms with van der Waals surface area (Å²) in [5.74, 6) is 6.12. The zero-order valence-electron chi connectivity index (χ0n) is 11.2. The Labute approximate surface area is 107 Å². The zero-order chi connectivity index (χ0) is 13.3. The van der Waals surface area contributed by atoms with Gasteiger partial charge in [-0.15, -0.1) is 0 Å². The number of methoxy groups -OCH3 is 1. The molecular formula is C14H20N2O2. The minimum atomic E-state index is -0.434. The smallest absolute Gasteiger partial charge is 0.244 e. The first-order valence-electron chi connectivity index (χ1n) is 6.22. The molecule has 1 aromatic rings. The quantitative estimate of drug-likeness (QED) is 0.486. The second-order valence-electron chi connectivity index (χ2n) is 5.05. The van der Waals surface area contributed by atoms with E-state index < -0.39 is 5.41 Å². The first-order chi connectivity index (χ1) is 8.55. The van der Waals surface area contributed by atoms with Crippen LogP contribution in [0.1, 0.15) is 36.0 Å². The molecule has 1 aliphatic rings. The molecule has 0 radical (unpaired) electrons. The largest absolute Gasteiger partial charge is 0.496 e. The molecule has 0 spiro atoms. The number of hydrazine groups is 1. The first kappa shape index (κ1) is 12.9. The van der Waals surface area contributed by atoms with E-state index in [1.54, 1.807) is 7.11 Å². The van der Waals surface area contributed by atoms with E-state index in [0.717, 1.165) is 41.7 Å². The van der Waals surface area contributed by atoms with E-state index in [0.29, 0.717) is 0 Å². The van der Waals surface area contributed by atoms with E-state index in [4.69, 9.17) is 10.6 Å². The molecule has 0 heterocycles. The highest BCUT2D eigenvalue weighted by Gasteiger charge is 2.45. The molecule has 1 aliphatic carbocycles. The van der Waals surface area contributed by atoms with Crippen LogP contribution in [0.25, 0.3) is 0 Å². The molecule has 0 unspecified atom stereocenters. The van der Waals surface area contributed by atoms with E-state index >= 15 is 0 Å². The summed E-state index contributed by atoms with van der Waals surface area (Å²) in [6, 6.07) is 4.08. The van der Waals surface area contributed by atoms with Gasteiger partial charge < -0.3 is 4.74 Å². The molecule has 3 N–H and O–H groups in total. The normalized spacial score (nSPS) is 16.9. The predicted molar refractivity (Wildman–Crippen MR) is 70.3 cm³/mol. The zero-order valence-corrected chi connectivity index (χ0v) is 11.2. The van der Waals surface area contributed by atoms with Crippen molar-refractivity contribution in [3.8, 4) is 5.75 Å². The van der Waals surface area contributed by atoms with Crippen molar-refractivity contribution in [1.82, 2.24) is 5.43 Å². The minimum Gasteiger partial charge on any atom is -0.496 e. The molecule has 2 rings (SSSR count). The Balaban J connectivity index is 2.48. The van der Waals surface area contributed by atoms with Crippen molar-refractivity contribution >= 4 is 5.91 Å². The Bertz CT molecular complexity index is 456. The van der Waals surface area contributed by atoms with Crippen LogP contribution in [0.2, 0.25) is 0 Å². The molecule has 0 aromatic heterocycles. The van der Waals surface area contributed by atoms with E-state index in [-0.39, 0.29) is 5.91 Å². The standard InChI is InChI=1S/C14H20N2O2/c1-9-7-11(8-10(2)12(9)18-3)14(5-4-6-14)13(17)16-15/h7-8H,4-6,15H2,1-3H3,(H,16,17). The number of benzene rings is 1. The summed E-state index contributed by atoms with van der Waals surface area (Å²) < 4.78 is 5.36. The van der Waals surface area contributed by atoms with Gasteiger partial charge in [-0.05, 0) is 43.4 Å². The van der Waals surface area contributed by atoms with Gasteiger partial charge >= 0.3 is 0 Å². The number of aryl methyl sites for hydroxylation is 2. The second kappa shape index (κ2) is 4.61. The van der Waals surface area contributed by atoms with Crippen molar-refractivity contribution in [3.63, 3.8) is 0 Å². The number of hydrogen-bond donors (Lipinski definition) is 2. The Morgan fingerprint density at radius 2 is 1.89 bits per heavy atom. The van der Waals surface area contributed by atoms with Crippen molar-refractivity contribution in [2.24, 2.45) is 5.84 Å². The SMILES string of the molecule is COc1c(C)cc(C2(C(=O)NN)CCC2)cc1C. The molecule has 4 nitrogen and oxygen atoms in total. The van der Waals surface area contributed by atoms with E-state index in [9.17, 15) is 4.79 Å². The van der Waals surface area contributed by atoms with Crippen molar-refractivity contribution in [2.45, 2.75) is 38.5 Å². The summed E-state index contributed by atoms with van der Waals surface area (Å²) in [5.41, 5.74) is 5.04. The average Bonchev–Trinajstić information content (AvgIpc) is 2.27. The summed E-state index contributed by atoms with van der Waals surface area (Å²) in [6.07, 6.45) is 2.79. The summed E-state index contributed by atoms with van der Waals surface area (Å²) >= 11 is 0. The molecule has 4 heteroatoms. The number of ether oxygens (including phenoxy) is 1. The lowest BCUT2D eigenvalue weighted by atomic mass is 9.63. The molecule has 1 fully saturated rings. The molecular weight excluding hydrogens is 228 g/mol. The molecule has 0 aliphatic heterocycles. The van der Waals surface area contributed by atoms with Gasteiger partial charge in [0.15, 0.2) is 0 Å². The number of nitrogens with two attached hydrogens (primary N) is 1. The van der Waals surface area contributed by atoms with Gasteiger partial charge in [-0.25, -0.2) is 5.84 Å². The van der Waals surface area contributed by atoms with E-state index in [1.807, 2.05) is 26.0 Å². The second-order valence-corrected chi connectivity index (χ2v) is 5.05. The number of amides is 1. The summed E-state index contributed by atoms with van der Waals surface area (Å²) in [5, 5.41) is 0. The van der Waals surface area contributed by atoms with Gasteiger partial charge in [0.05, 0.1) is 12.5 Å². The lowest BCUT2D eigenvalue weighted by Crippen LogP contribution is -2.51. The Kier molecular flexibility index (Phi) is 3.30. The fourth-order valence-corrected chi connectivity index (χ4v) is 2.86. The molecule has 1 amide bonds. The predicted octanol–water partition coefficient (Wildman–Crippen LogP) is 1.72. The van der Waals surface area contributed by atoms with Gasteiger partial charge in [0, 0.05) is 0 Å². The third-order valence-corrected chi connectivity index (χ3v) is 3.99. The fraction of sp³-hybridized carbons (Fsp3) is 0.500. The highest BCUT2D eigenvalue weighted by molar-refractivity contribution is 5.89. The van der Waals surface area contributed by atoms with Crippen molar-refractivity contribution in [2.75, 3.05) is 7.11 Å². The number of rotatable bonds is 3. The van der Waals surface area contributed by atoms with Crippen LogP contribution in [0, 0.1) is 13.8 Å². The average molecular weight is 248 g/mol. The van der Waals surface area contributed by atoms with Crippen molar-refractivity contribution in [3.05, 3.63) is 28.8 Å². The van der Waals surface area contributed by atoms with Crippen molar-refractivity contribution < 1.29 is 9.53 Å². The molecule has 1 saturated carbocycles. The third kappa shape index (κ3) is 1.77. The maximum absolute atomic E-state index is 12.0. The van der Waals surface area contributed by atoms with Crippen LogP contribution < -0.4 is 16.0 Å². The summed E-state index contributed by atoms with van der Waals surface area (Å²) in [4.78, 5) is 12.0. The van der Waals surface area contributed by atoms with Crippen LogP contribution in [0.3, 0.4) is 0 Å². The summed E-state index contributed by atoms with van der Waals surface area (Å²) in [6.45, 7) is 4.00. The molecule has 0 atom stereocenters. The minimum absolute atomic E-state index is 0.0854. The molecule has 18 heavy (non-hydrogen) atoms. The van der Waals surface area contributed by atoms with Gasteiger partial charge in [-0.3, -0.25) is 10.2 Å². The van der Waals surface area contributed by atoms with E-state index in [2.05, 4.69) is 5.43 Å². The maximum Gasteiger partial charge on any atom is 0.244 e. The van der Waals surface area contributed by atoms with Crippen LogP contribution in [-0.4, -0.2) is 13.0 Å². The van der Waals surface area contributed by atoms with Crippen molar-refractivity contribution in [1.29, 1.82) is 0 Å². The molecule has 0 saturated heterocycles. The monoisotopic (exact) mass is 248 g/mol. The van der Waals surface area contributed by atoms with Gasteiger partial charge in [0.1, 0.15) is 5.75 Å². The molecule has 1 aromatic carbocycles. The number of nitrogens with one attached hydrogen (secondary N) is 1. The van der Waals surface area contributed by atoms with E-state index in [1.165, 1.54) is 0 Å². The summed E-state index contributed by atoms with van der Waals surface area (Å²) in [7, 11) is 1.67. The topological polar surface area (TPSA) is 64.3 Å². The number of hydrogen-bond acceptors (Lipinski definition) is 3. The molecule has 98 valence electrons. The van der Waals surface area contributed by atoms with Crippen LogP contribution in [0.5, 0.6) is 5.75 Å². The third-order valence-electron chi connectivity index (χ3n) is 3.99.